The zero-order valence-electron chi connectivity index (χ0n) is 15.0. The molecule has 1 aliphatic heterocycles. The van der Waals surface area contributed by atoms with E-state index >= 15 is 0 Å². The second-order valence-corrected chi connectivity index (χ2v) is 6.60. The minimum absolute atomic E-state index is 0.686. The van der Waals surface area contributed by atoms with E-state index in [9.17, 15) is 0 Å². The van der Waals surface area contributed by atoms with Crippen molar-refractivity contribution >= 4 is 22.9 Å². The molecule has 0 unspecified atom stereocenters. The molecule has 0 aliphatic carbocycles. The summed E-state index contributed by atoms with van der Waals surface area (Å²) in [4.78, 5) is 18.1. The van der Waals surface area contributed by atoms with E-state index in [4.69, 9.17) is 9.40 Å². The molecule has 0 saturated carbocycles. The summed E-state index contributed by atoms with van der Waals surface area (Å²) in [7, 11) is 1.89. The first-order valence-electron chi connectivity index (χ1n) is 8.93. The summed E-state index contributed by atoms with van der Waals surface area (Å²) in [6.07, 6.45) is 7.34. The van der Waals surface area contributed by atoms with Crippen molar-refractivity contribution < 1.29 is 4.42 Å². The van der Waals surface area contributed by atoms with Crippen molar-refractivity contribution in [2.24, 2.45) is 7.05 Å². The van der Waals surface area contributed by atoms with Crippen molar-refractivity contribution in [1.82, 2.24) is 24.7 Å². The van der Waals surface area contributed by atoms with Crippen LogP contribution in [0.1, 0.15) is 0 Å². The molecule has 3 aromatic heterocycles. The number of aryl methyl sites for hydroxylation is 1. The van der Waals surface area contributed by atoms with Gasteiger partial charge in [0.05, 0.1) is 24.3 Å². The van der Waals surface area contributed by atoms with Crippen LogP contribution < -0.4 is 9.80 Å². The number of piperazine rings is 1. The fourth-order valence-corrected chi connectivity index (χ4v) is 3.32. The number of aromatic nitrogens is 5. The highest BCUT2D eigenvalue weighted by atomic mass is 16.4. The summed E-state index contributed by atoms with van der Waals surface area (Å²) in [5.74, 6) is 0.883. The van der Waals surface area contributed by atoms with Crippen molar-refractivity contribution in [2.75, 3.05) is 36.0 Å². The molecule has 4 heterocycles. The lowest BCUT2D eigenvalue weighted by Crippen LogP contribution is -2.47. The van der Waals surface area contributed by atoms with Crippen LogP contribution in [0.4, 0.5) is 11.8 Å². The molecule has 0 N–H and O–H groups in total. The SMILES string of the molecule is Cn1cc(-c2cncc(N3CCN(c4nc5ccccc5o4)CC3)n2)cn1. The highest BCUT2D eigenvalue weighted by Gasteiger charge is 2.22. The Bertz CT molecular complexity index is 1050. The van der Waals surface area contributed by atoms with Crippen LogP contribution in [-0.4, -0.2) is 50.9 Å². The summed E-state index contributed by atoms with van der Waals surface area (Å²) in [5.41, 5.74) is 3.52. The number of fused-ring (bicyclic) bond motifs is 1. The lowest BCUT2D eigenvalue weighted by Gasteiger charge is -2.34. The maximum atomic E-state index is 5.89. The third kappa shape index (κ3) is 2.99. The molecule has 1 aliphatic rings. The van der Waals surface area contributed by atoms with Gasteiger partial charge >= 0.3 is 0 Å². The molecule has 0 amide bonds. The van der Waals surface area contributed by atoms with E-state index in [0.29, 0.717) is 6.01 Å². The fraction of sp³-hybridized carbons (Fsp3) is 0.263. The summed E-state index contributed by atoms with van der Waals surface area (Å²) < 4.78 is 7.65. The Kier molecular flexibility index (Phi) is 3.74. The number of rotatable bonds is 3. The van der Waals surface area contributed by atoms with E-state index in [1.165, 1.54) is 0 Å². The molecular formula is C19H19N7O. The first-order chi connectivity index (χ1) is 13.3. The van der Waals surface area contributed by atoms with Crippen LogP contribution in [0.2, 0.25) is 0 Å². The van der Waals surface area contributed by atoms with E-state index in [-0.39, 0.29) is 0 Å². The Balaban J connectivity index is 1.31. The molecule has 5 rings (SSSR count). The lowest BCUT2D eigenvalue weighted by molar-refractivity contribution is 0.540. The van der Waals surface area contributed by atoms with Gasteiger partial charge < -0.3 is 14.2 Å². The van der Waals surface area contributed by atoms with Gasteiger partial charge in [-0.05, 0) is 12.1 Å². The maximum Gasteiger partial charge on any atom is 0.298 e. The normalized spacial score (nSPS) is 14.9. The third-order valence-electron chi connectivity index (χ3n) is 4.78. The van der Waals surface area contributed by atoms with Gasteiger partial charge in [0.15, 0.2) is 5.58 Å². The Hall–Kier alpha value is -3.42. The van der Waals surface area contributed by atoms with Gasteiger partial charge in [0.2, 0.25) is 0 Å². The molecule has 1 saturated heterocycles. The van der Waals surface area contributed by atoms with E-state index in [1.807, 2.05) is 43.7 Å². The molecule has 0 atom stereocenters. The largest absolute Gasteiger partial charge is 0.423 e. The van der Waals surface area contributed by atoms with Crippen molar-refractivity contribution in [2.45, 2.75) is 0 Å². The average molecular weight is 361 g/mol. The van der Waals surface area contributed by atoms with Gasteiger partial charge in [-0.1, -0.05) is 12.1 Å². The topological polar surface area (TPSA) is 76.1 Å². The predicted octanol–water partition coefficient (Wildman–Crippen LogP) is 2.34. The molecule has 0 bridgehead atoms. The number of hydrogen-bond acceptors (Lipinski definition) is 7. The zero-order chi connectivity index (χ0) is 18.2. The van der Waals surface area contributed by atoms with Gasteiger partial charge in [0.25, 0.3) is 6.01 Å². The van der Waals surface area contributed by atoms with Crippen molar-refractivity contribution in [1.29, 1.82) is 0 Å². The monoisotopic (exact) mass is 361 g/mol. The molecule has 0 spiro atoms. The van der Waals surface area contributed by atoms with Gasteiger partial charge in [-0.25, -0.2) is 4.98 Å². The first kappa shape index (κ1) is 15.8. The summed E-state index contributed by atoms with van der Waals surface area (Å²) in [6.45, 7) is 3.32. The van der Waals surface area contributed by atoms with Crippen LogP contribution in [0, 0.1) is 0 Å². The maximum absolute atomic E-state index is 5.89. The van der Waals surface area contributed by atoms with Crippen LogP contribution in [0.25, 0.3) is 22.4 Å². The van der Waals surface area contributed by atoms with Gasteiger partial charge in [0, 0.05) is 45.0 Å². The molecular weight excluding hydrogens is 342 g/mol. The standard InChI is InChI=1S/C19H19N7O/c1-24-13-14(10-21-24)16-11-20-12-18(22-16)25-6-8-26(9-7-25)19-23-15-4-2-3-5-17(15)27-19/h2-5,10-13H,6-9H2,1H3. The number of hydrogen-bond donors (Lipinski definition) is 0. The highest BCUT2D eigenvalue weighted by molar-refractivity contribution is 5.74. The van der Waals surface area contributed by atoms with Gasteiger partial charge in [0.1, 0.15) is 11.3 Å². The van der Waals surface area contributed by atoms with Crippen molar-refractivity contribution in [3.63, 3.8) is 0 Å². The van der Waals surface area contributed by atoms with Crippen molar-refractivity contribution in [3.8, 4) is 11.3 Å². The smallest absolute Gasteiger partial charge is 0.298 e. The molecule has 27 heavy (non-hydrogen) atoms. The van der Waals surface area contributed by atoms with E-state index in [1.54, 1.807) is 17.1 Å². The molecule has 1 aromatic carbocycles. The minimum Gasteiger partial charge on any atom is -0.423 e. The number of oxazole rings is 1. The Morgan fingerprint density at radius 3 is 2.52 bits per heavy atom. The summed E-state index contributed by atoms with van der Waals surface area (Å²) in [5, 5.41) is 4.21. The zero-order valence-corrected chi connectivity index (χ0v) is 15.0. The number of para-hydroxylation sites is 2. The van der Waals surface area contributed by atoms with E-state index < -0.39 is 0 Å². The van der Waals surface area contributed by atoms with E-state index in [0.717, 1.165) is 54.4 Å². The molecule has 8 heteroatoms. The molecule has 8 nitrogen and oxygen atoms in total. The summed E-state index contributed by atoms with van der Waals surface area (Å²) in [6, 6.07) is 8.54. The van der Waals surface area contributed by atoms with Crippen LogP contribution in [0.3, 0.4) is 0 Å². The van der Waals surface area contributed by atoms with Crippen molar-refractivity contribution in [3.05, 3.63) is 49.1 Å². The predicted molar refractivity (Wildman–Crippen MR) is 103 cm³/mol. The Labute approximate surface area is 156 Å². The third-order valence-corrected chi connectivity index (χ3v) is 4.78. The van der Waals surface area contributed by atoms with Crippen LogP contribution in [-0.2, 0) is 7.05 Å². The fourth-order valence-electron chi connectivity index (χ4n) is 3.32. The lowest BCUT2D eigenvalue weighted by atomic mass is 10.2. The van der Waals surface area contributed by atoms with Gasteiger partial charge in [-0.3, -0.25) is 9.67 Å². The van der Waals surface area contributed by atoms with Gasteiger partial charge in [-0.2, -0.15) is 10.1 Å². The summed E-state index contributed by atoms with van der Waals surface area (Å²) >= 11 is 0. The van der Waals surface area contributed by atoms with Gasteiger partial charge in [-0.15, -0.1) is 0 Å². The van der Waals surface area contributed by atoms with Crippen LogP contribution in [0.5, 0.6) is 0 Å². The molecule has 0 radical (unpaired) electrons. The second-order valence-electron chi connectivity index (χ2n) is 6.60. The number of benzene rings is 1. The molecule has 136 valence electrons. The first-order valence-corrected chi connectivity index (χ1v) is 8.93. The Morgan fingerprint density at radius 1 is 0.926 bits per heavy atom. The molecule has 1 fully saturated rings. The van der Waals surface area contributed by atoms with Crippen LogP contribution >= 0.6 is 0 Å². The molecule has 4 aromatic rings. The Morgan fingerprint density at radius 2 is 1.74 bits per heavy atom. The number of nitrogens with zero attached hydrogens (tertiary/aromatic N) is 7. The highest BCUT2D eigenvalue weighted by Crippen LogP contribution is 2.24. The quantitative estimate of drug-likeness (QED) is 0.554. The second kappa shape index (κ2) is 6.39. The van der Waals surface area contributed by atoms with E-state index in [2.05, 4.69) is 24.9 Å². The number of anilines is 2. The van der Waals surface area contributed by atoms with Crippen LogP contribution in [0.15, 0.2) is 53.5 Å². The minimum atomic E-state index is 0.686. The average Bonchev–Trinajstić information content (AvgIpc) is 3.34.